The van der Waals surface area contributed by atoms with E-state index in [1.54, 1.807) is 12.1 Å². The molecule has 0 radical (unpaired) electrons. The van der Waals surface area contributed by atoms with Gasteiger partial charge in [0.05, 0.1) is 19.3 Å². The number of ether oxygens (including phenoxy) is 2. The van der Waals surface area contributed by atoms with Crippen LogP contribution in [0.2, 0.25) is 0 Å². The lowest BCUT2D eigenvalue weighted by atomic mass is 10.0. The lowest BCUT2D eigenvalue weighted by Gasteiger charge is -2.16. The number of aliphatic hydroxyl groups excluding tert-OH is 1. The van der Waals surface area contributed by atoms with Crippen LogP contribution in [0, 0.1) is 0 Å². The first kappa shape index (κ1) is 15.1. The Bertz CT molecular complexity index is 489. The van der Waals surface area contributed by atoms with Gasteiger partial charge in [0.2, 0.25) is 0 Å². The summed E-state index contributed by atoms with van der Waals surface area (Å²) in [5.74, 6) is 0.434. The third-order valence-corrected chi connectivity index (χ3v) is 3.78. The highest BCUT2D eigenvalue weighted by Gasteiger charge is 2.18. The molecule has 0 bridgehead atoms. The van der Waals surface area contributed by atoms with Crippen LogP contribution in [-0.4, -0.2) is 29.4 Å². The molecule has 1 atom stereocenters. The fraction of sp³-hybridized carbons (Fsp3) is 0.500. The average Bonchev–Trinajstić information content (AvgIpc) is 2.61. The molecule has 1 aromatic carbocycles. The quantitative estimate of drug-likeness (QED) is 0.858. The molecule has 1 unspecified atom stereocenters. The summed E-state index contributed by atoms with van der Waals surface area (Å²) in [5, 5.41) is 18.8. The van der Waals surface area contributed by atoms with E-state index in [1.807, 2.05) is 0 Å². The van der Waals surface area contributed by atoms with Crippen LogP contribution in [0.15, 0.2) is 16.6 Å². The van der Waals surface area contributed by atoms with Crippen molar-refractivity contribution in [1.82, 2.24) is 0 Å². The van der Waals surface area contributed by atoms with E-state index >= 15 is 0 Å². The number of halogens is 1. The highest BCUT2D eigenvalue weighted by Crippen LogP contribution is 2.38. The van der Waals surface area contributed by atoms with Crippen molar-refractivity contribution in [1.29, 1.82) is 0 Å². The van der Waals surface area contributed by atoms with E-state index in [0.717, 1.165) is 10.9 Å². The summed E-state index contributed by atoms with van der Waals surface area (Å²) in [5.41, 5.74) is 0.694. The van der Waals surface area contributed by atoms with Crippen LogP contribution in [0.1, 0.15) is 37.4 Å². The smallest absolute Gasteiger partial charge is 0.303 e. The monoisotopic (exact) mass is 344 g/mol. The largest absolute Gasteiger partial charge is 0.490 e. The Morgan fingerprint density at radius 1 is 1.30 bits per heavy atom. The Morgan fingerprint density at radius 3 is 2.60 bits per heavy atom. The lowest BCUT2D eigenvalue weighted by Crippen LogP contribution is -2.03. The zero-order chi connectivity index (χ0) is 14.5. The zero-order valence-electron chi connectivity index (χ0n) is 11.0. The Hall–Kier alpha value is -1.27. The van der Waals surface area contributed by atoms with Gasteiger partial charge in [-0.05, 0) is 30.5 Å². The van der Waals surface area contributed by atoms with Gasteiger partial charge in [-0.3, -0.25) is 4.79 Å². The molecule has 110 valence electrons. The van der Waals surface area contributed by atoms with E-state index in [-0.39, 0.29) is 6.42 Å². The summed E-state index contributed by atoms with van der Waals surface area (Å²) >= 11 is 3.41. The normalized spacial score (nSPS) is 15.5. The van der Waals surface area contributed by atoms with Crippen LogP contribution in [0.25, 0.3) is 0 Å². The number of hydrogen-bond donors (Lipinski definition) is 2. The van der Waals surface area contributed by atoms with Crippen molar-refractivity contribution < 1.29 is 24.5 Å². The van der Waals surface area contributed by atoms with Crippen LogP contribution in [0.5, 0.6) is 11.5 Å². The van der Waals surface area contributed by atoms with Crippen molar-refractivity contribution in [3.63, 3.8) is 0 Å². The van der Waals surface area contributed by atoms with Crippen LogP contribution in [-0.2, 0) is 4.79 Å². The molecule has 1 aliphatic rings. The topological polar surface area (TPSA) is 76.0 Å². The van der Waals surface area contributed by atoms with Gasteiger partial charge in [-0.25, -0.2) is 0 Å². The highest BCUT2D eigenvalue weighted by molar-refractivity contribution is 9.10. The number of carboxylic acid groups (broad SMARTS) is 1. The molecule has 1 aliphatic heterocycles. The fourth-order valence-corrected chi connectivity index (χ4v) is 2.64. The maximum absolute atomic E-state index is 10.5. The molecular formula is C14H17BrO5. The van der Waals surface area contributed by atoms with Crippen molar-refractivity contribution in [3.05, 3.63) is 22.2 Å². The summed E-state index contributed by atoms with van der Waals surface area (Å²) in [7, 11) is 0. The standard InChI is InChI=1S/C14H17BrO5/c15-10-8-13-12(19-5-2-6-20-13)7-9(10)11(16)3-1-4-14(17)18/h7-8,11,16H,1-6H2,(H,17,18). The molecule has 0 saturated carbocycles. The second-order valence-corrected chi connectivity index (χ2v) is 5.53. The van der Waals surface area contributed by atoms with Gasteiger partial charge in [0.1, 0.15) is 0 Å². The van der Waals surface area contributed by atoms with Gasteiger partial charge >= 0.3 is 5.97 Å². The number of aliphatic carboxylic acids is 1. The predicted molar refractivity (Wildman–Crippen MR) is 76.2 cm³/mol. The van der Waals surface area contributed by atoms with Gasteiger partial charge in [0, 0.05) is 17.3 Å². The molecular weight excluding hydrogens is 328 g/mol. The SMILES string of the molecule is O=C(O)CCCC(O)c1cc2c(cc1Br)OCCCO2. The Balaban J connectivity index is 2.10. The molecule has 0 spiro atoms. The first-order chi connectivity index (χ1) is 9.58. The van der Waals surface area contributed by atoms with Gasteiger partial charge in [0.25, 0.3) is 0 Å². The Kier molecular flexibility index (Phi) is 5.25. The summed E-state index contributed by atoms with van der Waals surface area (Å²) < 4.78 is 11.9. The highest BCUT2D eigenvalue weighted by atomic mass is 79.9. The van der Waals surface area contributed by atoms with Crippen LogP contribution in [0.4, 0.5) is 0 Å². The molecule has 0 amide bonds. The molecule has 2 rings (SSSR count). The summed E-state index contributed by atoms with van der Waals surface area (Å²) in [6.07, 6.45) is 0.977. The van der Waals surface area contributed by atoms with E-state index in [0.29, 0.717) is 43.1 Å². The van der Waals surface area contributed by atoms with E-state index < -0.39 is 12.1 Å². The van der Waals surface area contributed by atoms with Crippen molar-refractivity contribution in [3.8, 4) is 11.5 Å². The molecule has 1 heterocycles. The molecule has 5 nitrogen and oxygen atoms in total. The number of benzene rings is 1. The minimum absolute atomic E-state index is 0.0548. The minimum atomic E-state index is -0.852. The van der Waals surface area contributed by atoms with E-state index in [1.165, 1.54) is 0 Å². The van der Waals surface area contributed by atoms with Crippen molar-refractivity contribution in [2.75, 3.05) is 13.2 Å². The van der Waals surface area contributed by atoms with Gasteiger partial charge in [-0.15, -0.1) is 0 Å². The molecule has 1 aromatic rings. The second kappa shape index (κ2) is 6.95. The van der Waals surface area contributed by atoms with E-state index in [2.05, 4.69) is 15.9 Å². The summed E-state index contributed by atoms with van der Waals surface area (Å²) in [6.45, 7) is 1.20. The molecule has 6 heteroatoms. The van der Waals surface area contributed by atoms with Crippen LogP contribution < -0.4 is 9.47 Å². The third kappa shape index (κ3) is 3.86. The Morgan fingerprint density at radius 2 is 1.95 bits per heavy atom. The molecule has 0 saturated heterocycles. The van der Waals surface area contributed by atoms with Gasteiger partial charge in [-0.1, -0.05) is 15.9 Å². The molecule has 0 aliphatic carbocycles. The van der Waals surface area contributed by atoms with E-state index in [9.17, 15) is 9.90 Å². The number of carboxylic acids is 1. The molecule has 0 fully saturated rings. The van der Waals surface area contributed by atoms with Crippen LogP contribution >= 0.6 is 15.9 Å². The number of rotatable bonds is 5. The van der Waals surface area contributed by atoms with Crippen molar-refractivity contribution in [2.24, 2.45) is 0 Å². The fourth-order valence-electron chi connectivity index (χ4n) is 2.06. The first-order valence-corrected chi connectivity index (χ1v) is 7.36. The third-order valence-electron chi connectivity index (χ3n) is 3.09. The van der Waals surface area contributed by atoms with Crippen molar-refractivity contribution >= 4 is 21.9 Å². The first-order valence-electron chi connectivity index (χ1n) is 6.57. The maximum Gasteiger partial charge on any atom is 0.303 e. The maximum atomic E-state index is 10.5. The van der Waals surface area contributed by atoms with Crippen LogP contribution in [0.3, 0.4) is 0 Å². The average molecular weight is 345 g/mol. The molecule has 2 N–H and O–H groups in total. The molecule has 0 aromatic heterocycles. The predicted octanol–water partition coefficient (Wildman–Crippen LogP) is 2.90. The van der Waals surface area contributed by atoms with Gasteiger partial charge < -0.3 is 19.7 Å². The minimum Gasteiger partial charge on any atom is -0.490 e. The van der Waals surface area contributed by atoms with Crippen molar-refractivity contribution in [2.45, 2.75) is 31.8 Å². The summed E-state index contributed by atoms with van der Waals surface area (Å²) in [4.78, 5) is 10.5. The van der Waals surface area contributed by atoms with E-state index in [4.69, 9.17) is 14.6 Å². The number of carbonyl (C=O) groups is 1. The Labute approximate surface area is 125 Å². The molecule has 20 heavy (non-hydrogen) atoms. The lowest BCUT2D eigenvalue weighted by molar-refractivity contribution is -0.137. The van der Waals surface area contributed by atoms with Gasteiger partial charge in [0.15, 0.2) is 11.5 Å². The zero-order valence-corrected chi connectivity index (χ0v) is 12.6. The van der Waals surface area contributed by atoms with Gasteiger partial charge in [-0.2, -0.15) is 0 Å². The number of fused-ring (bicyclic) bond motifs is 1. The summed E-state index contributed by atoms with van der Waals surface area (Å²) in [6, 6.07) is 3.55. The second-order valence-electron chi connectivity index (χ2n) is 4.67. The number of hydrogen-bond acceptors (Lipinski definition) is 4. The number of aliphatic hydroxyl groups is 1.